The van der Waals surface area contributed by atoms with Gasteiger partial charge < -0.3 is 30.9 Å². The van der Waals surface area contributed by atoms with E-state index in [9.17, 15) is 18.4 Å². The maximum Gasteiger partial charge on any atom is 0.320 e. The second-order valence-corrected chi connectivity index (χ2v) is 15.6. The van der Waals surface area contributed by atoms with E-state index in [2.05, 4.69) is 15.0 Å². The van der Waals surface area contributed by atoms with Gasteiger partial charge in [0, 0.05) is 49.1 Å². The number of carbonyl (C=O) groups is 2. The highest BCUT2D eigenvalue weighted by Crippen LogP contribution is 2.44. The molecule has 0 bridgehead atoms. The third-order valence-electron chi connectivity index (χ3n) is 10.7. The highest BCUT2D eigenvalue weighted by Gasteiger charge is 2.50. The first-order valence-electron chi connectivity index (χ1n) is 17.3. The summed E-state index contributed by atoms with van der Waals surface area (Å²) in [6.07, 6.45) is 1.52. The van der Waals surface area contributed by atoms with E-state index in [1.54, 1.807) is 0 Å². The van der Waals surface area contributed by atoms with Crippen molar-refractivity contribution in [1.82, 2.24) is 29.7 Å². The molecule has 12 nitrogen and oxygen atoms in total. The van der Waals surface area contributed by atoms with Crippen LogP contribution in [0.15, 0.2) is 18.2 Å². The molecule has 3 amide bonds. The number of aromatic nitrogens is 3. The number of hydrogen-bond acceptors (Lipinski definition) is 10. The molecule has 3 atom stereocenters. The predicted octanol–water partition coefficient (Wildman–Crippen LogP) is 5.20. The summed E-state index contributed by atoms with van der Waals surface area (Å²) in [6, 6.07) is 1.84. The van der Waals surface area contributed by atoms with E-state index >= 15 is 13.2 Å². The van der Waals surface area contributed by atoms with E-state index in [0.717, 1.165) is 28.7 Å². The fraction of sp³-hybridized carbons (Fsp3) is 0.500. The third-order valence-corrected chi connectivity index (χ3v) is 11.9. The zero-order valence-corrected chi connectivity index (χ0v) is 29.8. The molecule has 0 aliphatic carbocycles. The maximum absolute atomic E-state index is 17.0. The van der Waals surface area contributed by atoms with Crippen molar-refractivity contribution in [2.75, 3.05) is 63.1 Å². The van der Waals surface area contributed by atoms with E-state index < -0.39 is 60.3 Å². The number of likely N-dealkylation sites (tertiary alicyclic amines) is 1. The summed E-state index contributed by atoms with van der Waals surface area (Å²) in [5.74, 6) is -5.89. The van der Waals surface area contributed by atoms with Crippen LogP contribution in [-0.4, -0.2) is 118 Å². The molecule has 0 saturated carbocycles. The molecule has 4 aliphatic rings. The van der Waals surface area contributed by atoms with Crippen LogP contribution in [0.4, 0.5) is 37.7 Å². The number of amides is 3. The first-order chi connectivity index (χ1) is 25.2. The van der Waals surface area contributed by atoms with Crippen LogP contribution in [0.1, 0.15) is 32.1 Å². The Balaban J connectivity index is 1.21. The number of nitrogens with two attached hydrogens (primary N) is 2. The molecule has 8 rings (SSSR count). The third kappa shape index (κ3) is 6.31. The van der Waals surface area contributed by atoms with Crippen molar-refractivity contribution in [3.8, 4) is 17.1 Å². The number of nitrogens with zero attached hydrogens (tertiary/aromatic N) is 7. The quantitative estimate of drug-likeness (QED) is 0.252. The number of ether oxygens (including phenoxy) is 1. The van der Waals surface area contributed by atoms with E-state index in [-0.39, 0.29) is 93.4 Å². The van der Waals surface area contributed by atoms with Gasteiger partial charge in [-0.2, -0.15) is 9.97 Å². The van der Waals surface area contributed by atoms with Gasteiger partial charge in [-0.25, -0.2) is 31.7 Å². The summed E-state index contributed by atoms with van der Waals surface area (Å²) in [6.45, 7) is -1.10. The summed E-state index contributed by atoms with van der Waals surface area (Å²) in [4.78, 5) is 44.0. The summed E-state index contributed by atoms with van der Waals surface area (Å²) < 4.78 is 84.1. The van der Waals surface area contributed by atoms with Gasteiger partial charge in [0.2, 0.25) is 5.91 Å². The molecule has 6 heterocycles. The van der Waals surface area contributed by atoms with Gasteiger partial charge >= 0.3 is 12.0 Å². The number of fused-ring (bicyclic) bond motifs is 3. The Kier molecular flexibility index (Phi) is 8.92. The van der Waals surface area contributed by atoms with Crippen LogP contribution in [0, 0.1) is 11.6 Å². The van der Waals surface area contributed by atoms with Gasteiger partial charge in [0.1, 0.15) is 36.0 Å². The first-order valence-corrected chi connectivity index (χ1v) is 18.5. The highest BCUT2D eigenvalue weighted by atomic mass is 35.5. The zero-order chi connectivity index (χ0) is 37.4. The highest BCUT2D eigenvalue weighted by molar-refractivity contribution is 7.22. The summed E-state index contributed by atoms with van der Waals surface area (Å²) in [5, 5.41) is -0.122. The van der Waals surface area contributed by atoms with Crippen molar-refractivity contribution in [3.05, 3.63) is 34.9 Å². The molecular formula is C34H35ClF5N9O3S. The Morgan fingerprint density at radius 3 is 2.66 bits per heavy atom. The molecule has 19 heteroatoms. The van der Waals surface area contributed by atoms with E-state index in [4.69, 9.17) is 27.8 Å². The van der Waals surface area contributed by atoms with Crippen molar-refractivity contribution in [2.45, 2.75) is 55.8 Å². The Hall–Kier alpha value is -4.29. The van der Waals surface area contributed by atoms with Crippen molar-refractivity contribution in [1.29, 1.82) is 0 Å². The molecule has 282 valence electrons. The Labute approximate surface area is 308 Å². The smallest absolute Gasteiger partial charge is 0.320 e. The second kappa shape index (κ2) is 13.2. The molecule has 2 aromatic heterocycles. The van der Waals surface area contributed by atoms with E-state index in [1.807, 2.05) is 4.90 Å². The van der Waals surface area contributed by atoms with Gasteiger partial charge in [-0.05, 0) is 50.4 Å². The number of benzene rings is 2. The molecule has 4 aromatic rings. The number of hydrogen-bond donors (Lipinski definition) is 2. The number of urea groups is 1. The van der Waals surface area contributed by atoms with Crippen LogP contribution in [0.25, 0.3) is 32.2 Å². The molecule has 0 spiro atoms. The van der Waals surface area contributed by atoms with Gasteiger partial charge in [0.05, 0.1) is 33.9 Å². The number of anilines is 2. The zero-order valence-electron chi connectivity index (χ0n) is 28.3. The Bertz CT molecular complexity index is 2140. The number of halogens is 6. The van der Waals surface area contributed by atoms with Crippen LogP contribution in [0.3, 0.4) is 0 Å². The van der Waals surface area contributed by atoms with Crippen LogP contribution in [0.5, 0.6) is 6.01 Å². The minimum absolute atomic E-state index is 0.0194. The molecule has 4 N–H and O–H groups in total. The van der Waals surface area contributed by atoms with E-state index in [1.165, 1.54) is 21.9 Å². The lowest BCUT2D eigenvalue weighted by Gasteiger charge is -2.31. The number of nitrogen functional groups attached to an aromatic ring is 1. The van der Waals surface area contributed by atoms with Gasteiger partial charge in [0.15, 0.2) is 10.9 Å². The standard InChI is InChI=1S/C34H35ClF5N9O3S/c35-20-11-19-25(24(38)23(20)18-4-5-21(37)27-26(18)43-30(42)53-27)44-31(52-16-33-6-2-7-48(33)13-17(36)12-33)45-29(19)46-9-10-47(15-34(39,40)14-46)32(51)49-8-1-3-22(49)28(41)50/h4-5,11,17,22H,1-3,6-10,12-16H2,(H2,41,50)(H2,42,43)/t17-,22?,33+/m1/s1. The average Bonchev–Trinajstić information content (AvgIpc) is 3.87. The van der Waals surface area contributed by atoms with Gasteiger partial charge in [-0.3, -0.25) is 9.69 Å². The first kappa shape index (κ1) is 35.7. The fourth-order valence-corrected chi connectivity index (χ4v) is 9.44. The van der Waals surface area contributed by atoms with Crippen molar-refractivity contribution >= 4 is 66.9 Å². The Morgan fingerprint density at radius 1 is 1.06 bits per heavy atom. The van der Waals surface area contributed by atoms with Crippen LogP contribution in [-0.2, 0) is 4.79 Å². The number of rotatable bonds is 6. The molecule has 0 radical (unpaired) electrons. The summed E-state index contributed by atoms with van der Waals surface area (Å²) in [5.41, 5.74) is 10.5. The number of primary amides is 1. The largest absolute Gasteiger partial charge is 0.461 e. The monoisotopic (exact) mass is 779 g/mol. The Morgan fingerprint density at radius 2 is 1.87 bits per heavy atom. The molecule has 4 aliphatic heterocycles. The lowest BCUT2D eigenvalue weighted by molar-refractivity contribution is -0.121. The minimum Gasteiger partial charge on any atom is -0.461 e. The van der Waals surface area contributed by atoms with Crippen molar-refractivity contribution < 1.29 is 36.3 Å². The molecule has 53 heavy (non-hydrogen) atoms. The molecule has 4 saturated heterocycles. The molecular weight excluding hydrogens is 745 g/mol. The van der Waals surface area contributed by atoms with Crippen molar-refractivity contribution in [3.63, 3.8) is 0 Å². The topological polar surface area (TPSA) is 147 Å². The summed E-state index contributed by atoms with van der Waals surface area (Å²) >= 11 is 7.63. The normalized spacial score (nSPS) is 24.7. The minimum atomic E-state index is -3.48. The molecule has 4 fully saturated rings. The van der Waals surface area contributed by atoms with Crippen molar-refractivity contribution in [2.24, 2.45) is 5.73 Å². The van der Waals surface area contributed by atoms with Gasteiger partial charge in [-0.1, -0.05) is 22.9 Å². The van der Waals surface area contributed by atoms with Gasteiger partial charge in [-0.15, -0.1) is 0 Å². The average molecular weight is 780 g/mol. The van der Waals surface area contributed by atoms with Crippen LogP contribution >= 0.6 is 22.9 Å². The number of thiazole rings is 1. The molecule has 2 aromatic carbocycles. The molecule has 1 unspecified atom stereocenters. The van der Waals surface area contributed by atoms with Crippen LogP contribution < -0.4 is 21.1 Å². The summed E-state index contributed by atoms with van der Waals surface area (Å²) in [7, 11) is 0. The maximum atomic E-state index is 17.0. The second-order valence-electron chi connectivity index (χ2n) is 14.2. The lowest BCUT2D eigenvalue weighted by Crippen LogP contribution is -2.52. The SMILES string of the molecule is NC(=O)C1CCCN1C(=O)N1CCN(c2nc(OC[C@@]34CCCN3C[C@H](F)C4)nc3c(F)c(-c4ccc(F)c5sc(N)nc45)c(Cl)cc23)CC(F)(F)C1. The van der Waals surface area contributed by atoms with Gasteiger partial charge in [0.25, 0.3) is 5.92 Å². The number of alkyl halides is 3. The lowest BCUT2D eigenvalue weighted by atomic mass is 9.95. The number of carbonyl (C=O) groups excluding carboxylic acids is 2. The van der Waals surface area contributed by atoms with E-state index in [0.29, 0.717) is 25.8 Å². The fourth-order valence-electron chi connectivity index (χ4n) is 8.38. The van der Waals surface area contributed by atoms with Crippen LogP contribution in [0.2, 0.25) is 5.02 Å². The predicted molar refractivity (Wildman–Crippen MR) is 189 cm³/mol.